The van der Waals surface area contributed by atoms with E-state index in [0.717, 1.165) is 11.1 Å². The van der Waals surface area contributed by atoms with Gasteiger partial charge in [-0.2, -0.15) is 0 Å². The minimum Gasteiger partial charge on any atom is -0.507 e. The molecule has 5 heteroatoms. The summed E-state index contributed by atoms with van der Waals surface area (Å²) in [6.07, 6.45) is 1.75. The number of rotatable bonds is 1. The predicted octanol–water partition coefficient (Wildman–Crippen LogP) is 4.82. The number of hydrogen-bond donors (Lipinski definition) is 1. The Morgan fingerprint density at radius 2 is 1.71 bits per heavy atom. The van der Waals surface area contributed by atoms with Crippen molar-refractivity contribution in [2.45, 2.75) is 52.4 Å². The summed E-state index contributed by atoms with van der Waals surface area (Å²) in [6, 6.07) is 4.03. The SMILES string of the molecule is CN1C(=O)/C(=C/c2cc(C(C)(C)C)cc(C(C)(C)C)c2O)SC1=S. The lowest BCUT2D eigenvalue weighted by atomic mass is 9.79. The Bertz CT molecular complexity index is 737. The molecule has 0 atom stereocenters. The summed E-state index contributed by atoms with van der Waals surface area (Å²) >= 11 is 6.45. The van der Waals surface area contributed by atoms with Gasteiger partial charge in [-0.1, -0.05) is 71.6 Å². The number of aromatic hydroxyl groups is 1. The molecule has 130 valence electrons. The van der Waals surface area contributed by atoms with E-state index in [-0.39, 0.29) is 22.5 Å². The largest absolute Gasteiger partial charge is 0.507 e. The van der Waals surface area contributed by atoms with Crippen LogP contribution in [0.2, 0.25) is 0 Å². The van der Waals surface area contributed by atoms with Gasteiger partial charge in [-0.25, -0.2) is 0 Å². The number of carbonyl (C=O) groups is 1. The summed E-state index contributed by atoms with van der Waals surface area (Å²) in [5, 5.41) is 10.8. The van der Waals surface area contributed by atoms with E-state index in [1.54, 1.807) is 13.1 Å². The molecule has 0 saturated carbocycles. The van der Waals surface area contributed by atoms with E-state index in [1.807, 2.05) is 6.07 Å². The summed E-state index contributed by atoms with van der Waals surface area (Å²) in [5.41, 5.74) is 2.43. The lowest BCUT2D eigenvalue weighted by molar-refractivity contribution is -0.121. The number of phenolic OH excluding ortho intramolecular Hbond substituents is 1. The van der Waals surface area contributed by atoms with Crippen molar-refractivity contribution in [2.24, 2.45) is 0 Å². The average Bonchev–Trinajstić information content (AvgIpc) is 2.66. The first kappa shape index (κ1) is 19.0. The second kappa shape index (κ2) is 6.19. The van der Waals surface area contributed by atoms with Gasteiger partial charge >= 0.3 is 0 Å². The molecule has 1 aromatic rings. The number of thioether (sulfide) groups is 1. The third-order valence-corrected chi connectivity index (χ3v) is 5.57. The third-order valence-electron chi connectivity index (χ3n) is 4.09. The molecular formula is C19H25NO2S2. The van der Waals surface area contributed by atoms with Crippen LogP contribution in [0.4, 0.5) is 0 Å². The van der Waals surface area contributed by atoms with Gasteiger partial charge in [-0.05, 0) is 28.5 Å². The van der Waals surface area contributed by atoms with Crippen LogP contribution in [0, 0.1) is 0 Å². The molecule has 0 aromatic heterocycles. The van der Waals surface area contributed by atoms with Crippen molar-refractivity contribution in [3.8, 4) is 5.75 Å². The summed E-state index contributed by atoms with van der Waals surface area (Å²) in [5.74, 6) is 0.111. The highest BCUT2D eigenvalue weighted by Crippen LogP contribution is 2.40. The molecule has 0 aliphatic carbocycles. The normalized spacial score (nSPS) is 18.0. The van der Waals surface area contributed by atoms with Crippen molar-refractivity contribution in [3.05, 3.63) is 33.7 Å². The molecule has 0 bridgehead atoms. The van der Waals surface area contributed by atoms with Crippen molar-refractivity contribution in [1.29, 1.82) is 0 Å². The van der Waals surface area contributed by atoms with Crippen molar-refractivity contribution in [1.82, 2.24) is 4.90 Å². The van der Waals surface area contributed by atoms with Gasteiger partial charge < -0.3 is 5.11 Å². The van der Waals surface area contributed by atoms with E-state index in [2.05, 4.69) is 47.6 Å². The summed E-state index contributed by atoms with van der Waals surface area (Å²) in [4.78, 5) is 14.3. The van der Waals surface area contributed by atoms with Crippen LogP contribution in [0.1, 0.15) is 58.2 Å². The van der Waals surface area contributed by atoms with E-state index >= 15 is 0 Å². The van der Waals surface area contributed by atoms with Gasteiger partial charge in [0.15, 0.2) is 0 Å². The van der Waals surface area contributed by atoms with Crippen molar-refractivity contribution < 1.29 is 9.90 Å². The Labute approximate surface area is 154 Å². The van der Waals surface area contributed by atoms with Crippen LogP contribution in [0.15, 0.2) is 17.0 Å². The highest BCUT2D eigenvalue weighted by atomic mass is 32.2. The lowest BCUT2D eigenvalue weighted by Crippen LogP contribution is -2.22. The first-order chi connectivity index (χ1) is 10.8. The van der Waals surface area contributed by atoms with E-state index < -0.39 is 0 Å². The fourth-order valence-corrected chi connectivity index (χ4v) is 3.63. The average molecular weight is 364 g/mol. The molecule has 1 aromatic carbocycles. The maximum atomic E-state index is 12.3. The number of hydrogen-bond acceptors (Lipinski definition) is 4. The Balaban J connectivity index is 2.66. The van der Waals surface area contributed by atoms with Gasteiger partial charge in [-0.3, -0.25) is 9.69 Å². The molecule has 1 aliphatic heterocycles. The molecule has 1 fully saturated rings. The van der Waals surface area contributed by atoms with Crippen molar-refractivity contribution >= 4 is 40.3 Å². The molecule has 24 heavy (non-hydrogen) atoms. The molecule has 1 heterocycles. The maximum Gasteiger partial charge on any atom is 0.265 e. The highest BCUT2D eigenvalue weighted by molar-refractivity contribution is 8.26. The number of nitrogens with zero attached hydrogens (tertiary/aromatic N) is 1. The number of likely N-dealkylation sites (N-methyl/N-ethyl adjacent to an activating group) is 1. The van der Waals surface area contributed by atoms with Crippen LogP contribution in [0.25, 0.3) is 6.08 Å². The number of thiocarbonyl (C=S) groups is 1. The van der Waals surface area contributed by atoms with Crippen LogP contribution in [-0.4, -0.2) is 27.3 Å². The molecule has 1 aliphatic rings. The van der Waals surface area contributed by atoms with Crippen LogP contribution < -0.4 is 0 Å². The first-order valence-electron chi connectivity index (χ1n) is 7.92. The smallest absolute Gasteiger partial charge is 0.265 e. The van der Waals surface area contributed by atoms with Crippen molar-refractivity contribution in [3.63, 3.8) is 0 Å². The fraction of sp³-hybridized carbons (Fsp3) is 0.474. The Kier molecular flexibility index (Phi) is 4.90. The Morgan fingerprint density at radius 3 is 2.12 bits per heavy atom. The molecule has 1 N–H and O–H groups in total. The van der Waals surface area contributed by atoms with Crippen molar-refractivity contribution in [2.75, 3.05) is 7.05 Å². The standard InChI is InChI=1S/C19H25NO2S2/c1-18(2,3)12-8-11(15(21)13(10-12)19(4,5)6)9-14-16(22)20(7)17(23)24-14/h8-10,21H,1-7H3/b14-9-. The summed E-state index contributed by atoms with van der Waals surface area (Å²) < 4.78 is 0.536. The van der Waals surface area contributed by atoms with Gasteiger partial charge in [0.25, 0.3) is 5.91 Å². The molecule has 0 radical (unpaired) electrons. The Morgan fingerprint density at radius 1 is 1.12 bits per heavy atom. The van der Waals surface area contributed by atoms with Crippen LogP contribution in [0.3, 0.4) is 0 Å². The third kappa shape index (κ3) is 3.67. The van der Waals surface area contributed by atoms with E-state index in [0.29, 0.717) is 14.8 Å². The minimum absolute atomic E-state index is 0.0557. The van der Waals surface area contributed by atoms with E-state index in [1.165, 1.54) is 16.7 Å². The number of amides is 1. The van der Waals surface area contributed by atoms with E-state index in [9.17, 15) is 9.90 Å². The molecule has 3 nitrogen and oxygen atoms in total. The topological polar surface area (TPSA) is 40.5 Å². The van der Waals surface area contributed by atoms with Crippen LogP contribution in [0.5, 0.6) is 5.75 Å². The van der Waals surface area contributed by atoms with Gasteiger partial charge in [0.1, 0.15) is 10.1 Å². The monoisotopic (exact) mass is 363 g/mol. The highest BCUT2D eigenvalue weighted by Gasteiger charge is 2.30. The van der Waals surface area contributed by atoms with Gasteiger partial charge in [-0.15, -0.1) is 0 Å². The number of benzene rings is 1. The van der Waals surface area contributed by atoms with E-state index in [4.69, 9.17) is 12.2 Å². The van der Waals surface area contributed by atoms with Crippen LogP contribution >= 0.6 is 24.0 Å². The first-order valence-corrected chi connectivity index (χ1v) is 9.14. The maximum absolute atomic E-state index is 12.3. The Hall–Kier alpha value is -1.33. The summed E-state index contributed by atoms with van der Waals surface area (Å²) in [7, 11) is 1.67. The zero-order chi connectivity index (χ0) is 18.4. The second-order valence-corrected chi connectivity index (χ2v) is 9.88. The molecule has 0 spiro atoms. The molecule has 1 saturated heterocycles. The molecule has 2 rings (SSSR count). The fourth-order valence-electron chi connectivity index (χ4n) is 2.46. The number of phenols is 1. The zero-order valence-electron chi connectivity index (χ0n) is 15.4. The quantitative estimate of drug-likeness (QED) is 0.574. The predicted molar refractivity (Wildman–Crippen MR) is 106 cm³/mol. The lowest BCUT2D eigenvalue weighted by Gasteiger charge is -2.27. The molecular weight excluding hydrogens is 338 g/mol. The molecule has 0 unspecified atom stereocenters. The van der Waals surface area contributed by atoms with Gasteiger partial charge in [0, 0.05) is 18.2 Å². The van der Waals surface area contributed by atoms with Gasteiger partial charge in [0.2, 0.25) is 0 Å². The van der Waals surface area contributed by atoms with Crippen LogP contribution in [-0.2, 0) is 15.6 Å². The zero-order valence-corrected chi connectivity index (χ0v) is 17.0. The minimum atomic E-state index is -0.197. The summed E-state index contributed by atoms with van der Waals surface area (Å²) in [6.45, 7) is 12.6. The molecule has 1 amide bonds. The number of carbonyl (C=O) groups excluding carboxylic acids is 1. The second-order valence-electron chi connectivity index (χ2n) is 8.20. The van der Waals surface area contributed by atoms with Gasteiger partial charge in [0.05, 0.1) is 4.91 Å².